The van der Waals surface area contributed by atoms with Crippen LogP contribution in [-0.4, -0.2) is 63.2 Å². The van der Waals surface area contributed by atoms with Crippen molar-refractivity contribution in [2.24, 2.45) is 0 Å². The normalized spacial score (nSPS) is 7.00. The van der Waals surface area contributed by atoms with Gasteiger partial charge in [-0.05, 0) is 0 Å². The van der Waals surface area contributed by atoms with Gasteiger partial charge in [0, 0.05) is 44.8 Å². The molecule has 0 aromatic carbocycles. The molecular weight excluding hydrogens is 108 g/mol. The summed E-state index contributed by atoms with van der Waals surface area (Å²) in [5.41, 5.74) is 0. The van der Waals surface area contributed by atoms with Gasteiger partial charge in [0.25, 0.3) is 0 Å². The molecule has 0 aliphatic carbocycles. The second kappa shape index (κ2) is 9.49. The Balaban J connectivity index is 0. The molecule has 0 aromatic heterocycles. The smallest absolute Gasteiger partial charge is 0.0693 e. The van der Waals surface area contributed by atoms with Gasteiger partial charge >= 0.3 is 0 Å². The molecule has 0 bridgehead atoms. The second-order valence-corrected chi connectivity index (χ2v) is 0.716. The fraction of sp³-hybridized carbons (Fsp3) is 1.00. The monoisotopic (exact) mass is 116 g/mol. The van der Waals surface area contributed by atoms with Crippen LogP contribution in [0.5, 0.6) is 0 Å². The van der Waals surface area contributed by atoms with Crippen molar-refractivity contribution in [1.29, 1.82) is 0 Å². The van der Waals surface area contributed by atoms with Gasteiger partial charge in [-0.15, -0.1) is 0 Å². The van der Waals surface area contributed by atoms with E-state index in [1.54, 1.807) is 7.11 Å². The Labute approximate surface area is 67.5 Å². The third-order valence-electron chi connectivity index (χ3n) is 0.295. The molecule has 0 aliphatic rings. The Morgan fingerprint density at radius 2 is 2.17 bits per heavy atom. The summed E-state index contributed by atoms with van der Waals surface area (Å²) in [4.78, 5) is 0. The molecule has 0 saturated carbocycles. The average Bonchev–Trinajstić information content (AvgIpc) is 1.41. The molecule has 1 N–H and O–H groups in total. The molecule has 0 aromatic rings. The van der Waals surface area contributed by atoms with Crippen LogP contribution in [0.3, 0.4) is 0 Å². The molecule has 0 amide bonds. The number of methoxy groups -OCH3 is 1. The van der Waals surface area contributed by atoms with Crippen LogP contribution in [0.4, 0.5) is 0 Å². The van der Waals surface area contributed by atoms with E-state index in [0.29, 0.717) is 6.61 Å². The summed E-state index contributed by atoms with van der Waals surface area (Å²) in [6.07, 6.45) is 0. The van der Waals surface area contributed by atoms with Crippen molar-refractivity contribution in [3.8, 4) is 0 Å². The van der Waals surface area contributed by atoms with Gasteiger partial charge in [0.2, 0.25) is 0 Å². The van der Waals surface area contributed by atoms with Gasteiger partial charge in [-0.1, -0.05) is 0 Å². The van der Waals surface area contributed by atoms with Crippen molar-refractivity contribution in [2.75, 3.05) is 20.3 Å². The summed E-state index contributed by atoms with van der Waals surface area (Å²) >= 11 is 0. The molecule has 0 atom stereocenters. The summed E-state index contributed by atoms with van der Waals surface area (Å²) in [6, 6.07) is 0. The Bertz CT molecular complexity index is 16.3. The first kappa shape index (κ1) is 10.2. The van der Waals surface area contributed by atoms with Gasteiger partial charge in [-0.3, -0.25) is 0 Å². The van der Waals surface area contributed by atoms with E-state index < -0.39 is 0 Å². The van der Waals surface area contributed by atoms with Crippen molar-refractivity contribution < 1.29 is 9.84 Å². The van der Waals surface area contributed by atoms with Gasteiger partial charge < -0.3 is 9.84 Å². The molecule has 0 saturated heterocycles. The van der Waals surface area contributed by atoms with Crippen LogP contribution in [0.1, 0.15) is 0 Å². The second-order valence-electron chi connectivity index (χ2n) is 0.716. The Morgan fingerprint density at radius 1 is 1.67 bits per heavy atom. The Kier molecular flexibility index (Phi) is 16.2. The van der Waals surface area contributed by atoms with E-state index in [4.69, 9.17) is 5.11 Å². The van der Waals surface area contributed by atoms with Crippen LogP contribution >= 0.6 is 0 Å². The zero-order chi connectivity index (χ0) is 4.12. The fourth-order valence-corrected chi connectivity index (χ4v) is 0.0913. The first-order chi connectivity index (χ1) is 2.41. The summed E-state index contributed by atoms with van der Waals surface area (Å²) < 4.78 is 4.44. The van der Waals surface area contributed by atoms with E-state index in [1.807, 2.05) is 0 Å². The fourth-order valence-electron chi connectivity index (χ4n) is 0.0913. The number of ether oxygens (including phenoxy) is 1. The maximum absolute atomic E-state index is 7.94. The zero-order valence-electron chi connectivity index (χ0n) is 3.98. The van der Waals surface area contributed by atoms with Gasteiger partial charge in [0.1, 0.15) is 0 Å². The largest absolute Gasteiger partial charge is 0.394 e. The van der Waals surface area contributed by atoms with Crippen molar-refractivity contribution in [3.63, 3.8) is 0 Å². The third kappa shape index (κ3) is 8.95. The predicted octanol–water partition coefficient (Wildman–Crippen LogP) is -0.756. The van der Waals surface area contributed by atoms with Gasteiger partial charge in [0.05, 0.1) is 13.2 Å². The number of hydrogen-bond acceptors (Lipinski definition) is 2. The van der Waals surface area contributed by atoms with Gasteiger partial charge in [-0.25, -0.2) is 0 Å². The molecule has 6 heavy (non-hydrogen) atoms. The molecule has 3 heteroatoms. The van der Waals surface area contributed by atoms with E-state index in [9.17, 15) is 0 Å². The van der Waals surface area contributed by atoms with E-state index in [0.717, 1.165) is 0 Å². The van der Waals surface area contributed by atoms with Crippen LogP contribution in [-0.2, 0) is 4.74 Å². The van der Waals surface area contributed by atoms with Crippen LogP contribution in [0.2, 0.25) is 0 Å². The number of aliphatic hydroxyl groups is 1. The van der Waals surface area contributed by atoms with Crippen molar-refractivity contribution in [1.82, 2.24) is 0 Å². The third-order valence-corrected chi connectivity index (χ3v) is 0.295. The van der Waals surface area contributed by atoms with Gasteiger partial charge in [0.15, 0.2) is 0 Å². The van der Waals surface area contributed by atoms with E-state index >= 15 is 0 Å². The molecule has 2 radical (unpaired) electrons. The van der Waals surface area contributed by atoms with E-state index in [-0.39, 0.29) is 44.3 Å². The van der Waals surface area contributed by atoms with Crippen LogP contribution in [0, 0.1) is 0 Å². The summed E-state index contributed by atoms with van der Waals surface area (Å²) in [6.45, 7) is 0.566. The number of hydrogen-bond donors (Lipinski definition) is 1. The SMILES string of the molecule is COCCO.[Ca]. The van der Waals surface area contributed by atoms with Crippen LogP contribution in [0.15, 0.2) is 0 Å². The van der Waals surface area contributed by atoms with Crippen molar-refractivity contribution in [2.45, 2.75) is 0 Å². The first-order valence-corrected chi connectivity index (χ1v) is 1.51. The molecule has 0 rings (SSSR count). The number of aliphatic hydroxyl groups excluding tert-OH is 1. The quantitative estimate of drug-likeness (QED) is 0.481. The Morgan fingerprint density at radius 3 is 2.17 bits per heavy atom. The summed E-state index contributed by atoms with van der Waals surface area (Å²) in [7, 11) is 1.55. The molecule has 2 nitrogen and oxygen atoms in total. The molecule has 34 valence electrons. The minimum atomic E-state index is 0. The summed E-state index contributed by atoms with van der Waals surface area (Å²) in [5, 5.41) is 7.94. The van der Waals surface area contributed by atoms with E-state index in [1.165, 1.54) is 0 Å². The number of rotatable bonds is 2. The van der Waals surface area contributed by atoms with E-state index in [2.05, 4.69) is 4.74 Å². The molecule has 0 heterocycles. The maximum Gasteiger partial charge on any atom is 0.0693 e. The van der Waals surface area contributed by atoms with Crippen molar-refractivity contribution >= 4 is 37.7 Å². The van der Waals surface area contributed by atoms with Gasteiger partial charge in [-0.2, -0.15) is 0 Å². The summed E-state index contributed by atoms with van der Waals surface area (Å²) in [5.74, 6) is 0. The predicted molar refractivity (Wildman–Crippen MR) is 24.7 cm³/mol. The minimum Gasteiger partial charge on any atom is -0.394 e. The minimum absolute atomic E-state index is 0. The van der Waals surface area contributed by atoms with Crippen LogP contribution in [0.25, 0.3) is 0 Å². The maximum atomic E-state index is 7.94. The van der Waals surface area contributed by atoms with Crippen molar-refractivity contribution in [3.05, 3.63) is 0 Å². The zero-order valence-corrected chi connectivity index (χ0v) is 6.19. The average molecular weight is 116 g/mol. The molecule has 0 fully saturated rings. The first-order valence-electron chi connectivity index (χ1n) is 1.51. The molecule has 0 unspecified atom stereocenters. The topological polar surface area (TPSA) is 29.5 Å². The standard InChI is InChI=1S/C3H8O2.Ca/c1-5-3-2-4;/h4H,2-3H2,1H3;. The molecule has 0 aliphatic heterocycles. The molecule has 0 spiro atoms. The molecular formula is C3H8CaO2. The Hall–Kier alpha value is 1.18. The van der Waals surface area contributed by atoms with Crippen LogP contribution < -0.4 is 0 Å².